The van der Waals surface area contributed by atoms with E-state index in [0.29, 0.717) is 5.82 Å². The molecule has 0 saturated heterocycles. The second-order valence-electron chi connectivity index (χ2n) is 5.52. The highest BCUT2D eigenvalue weighted by molar-refractivity contribution is 5.88. The van der Waals surface area contributed by atoms with Gasteiger partial charge < -0.3 is 10.4 Å². The number of urea groups is 1. The molecule has 118 valence electrons. The summed E-state index contributed by atoms with van der Waals surface area (Å²) in [5, 5.41) is 19.6. The van der Waals surface area contributed by atoms with Gasteiger partial charge in [-0.2, -0.15) is 5.10 Å². The van der Waals surface area contributed by atoms with E-state index in [2.05, 4.69) is 15.7 Å². The normalized spacial score (nSPS) is 12.2. The minimum absolute atomic E-state index is 0.144. The molecule has 1 aromatic carbocycles. The van der Waals surface area contributed by atoms with E-state index in [4.69, 9.17) is 0 Å². The molecule has 1 heterocycles. The molecule has 6 heteroatoms. The number of benzene rings is 1. The van der Waals surface area contributed by atoms with E-state index in [1.165, 1.54) is 0 Å². The van der Waals surface area contributed by atoms with Crippen LogP contribution in [0.4, 0.5) is 10.6 Å². The van der Waals surface area contributed by atoms with Gasteiger partial charge in [0.25, 0.3) is 0 Å². The first-order valence-corrected chi connectivity index (χ1v) is 7.30. The van der Waals surface area contributed by atoms with Gasteiger partial charge in [0.2, 0.25) is 0 Å². The zero-order valence-corrected chi connectivity index (χ0v) is 13.1. The number of aromatic nitrogens is 2. The molecule has 0 bridgehead atoms. The maximum atomic E-state index is 11.9. The van der Waals surface area contributed by atoms with Crippen LogP contribution in [-0.2, 0) is 0 Å². The van der Waals surface area contributed by atoms with Crippen LogP contribution in [0.5, 0.6) is 0 Å². The molecule has 0 aliphatic heterocycles. The van der Waals surface area contributed by atoms with Gasteiger partial charge >= 0.3 is 6.03 Å². The standard InChI is InChI=1S/C16H22N4O2/c1-11(2)20-15(7-8-18-20)19-16(22)17-10-14(21)13-6-4-5-12(3)9-13/h4-9,11,14,21H,10H2,1-3H3,(H2,17,19,22). The zero-order valence-electron chi connectivity index (χ0n) is 13.1. The summed E-state index contributed by atoms with van der Waals surface area (Å²) in [6.45, 7) is 6.07. The lowest BCUT2D eigenvalue weighted by molar-refractivity contribution is 0.175. The predicted molar refractivity (Wildman–Crippen MR) is 85.8 cm³/mol. The molecule has 0 aliphatic carbocycles. The van der Waals surface area contributed by atoms with Crippen molar-refractivity contribution in [2.24, 2.45) is 0 Å². The van der Waals surface area contributed by atoms with E-state index in [1.54, 1.807) is 16.9 Å². The van der Waals surface area contributed by atoms with Crippen LogP contribution in [0.15, 0.2) is 36.5 Å². The molecule has 0 radical (unpaired) electrons. The number of amides is 2. The third-order valence-electron chi connectivity index (χ3n) is 3.28. The Bertz CT molecular complexity index is 637. The average Bonchev–Trinajstić information content (AvgIpc) is 2.93. The van der Waals surface area contributed by atoms with Crippen LogP contribution in [0, 0.1) is 6.92 Å². The van der Waals surface area contributed by atoms with Gasteiger partial charge in [-0.25, -0.2) is 9.48 Å². The van der Waals surface area contributed by atoms with Crippen molar-refractivity contribution in [1.29, 1.82) is 0 Å². The Balaban J connectivity index is 1.89. The molecule has 0 aliphatic rings. The Hall–Kier alpha value is -2.34. The van der Waals surface area contributed by atoms with Crippen molar-refractivity contribution in [2.45, 2.75) is 32.9 Å². The summed E-state index contributed by atoms with van der Waals surface area (Å²) >= 11 is 0. The number of carbonyl (C=O) groups excluding carboxylic acids is 1. The first-order valence-electron chi connectivity index (χ1n) is 7.30. The lowest BCUT2D eigenvalue weighted by Gasteiger charge is -2.15. The molecule has 1 aromatic heterocycles. The predicted octanol–water partition coefficient (Wildman–Crippen LogP) is 2.63. The third kappa shape index (κ3) is 4.08. The summed E-state index contributed by atoms with van der Waals surface area (Å²) in [5.41, 5.74) is 1.86. The molecule has 6 nitrogen and oxygen atoms in total. The van der Waals surface area contributed by atoms with Crippen molar-refractivity contribution >= 4 is 11.8 Å². The lowest BCUT2D eigenvalue weighted by Crippen LogP contribution is -2.33. The molecule has 3 N–H and O–H groups in total. The van der Waals surface area contributed by atoms with Crippen LogP contribution in [-0.4, -0.2) is 27.5 Å². The number of aliphatic hydroxyl groups excluding tert-OH is 1. The molecule has 0 saturated carbocycles. The summed E-state index contributed by atoms with van der Waals surface area (Å²) in [6, 6.07) is 9.11. The minimum atomic E-state index is -0.736. The number of nitrogens with one attached hydrogen (secondary N) is 2. The van der Waals surface area contributed by atoms with Crippen LogP contribution >= 0.6 is 0 Å². The maximum absolute atomic E-state index is 11.9. The number of hydrogen-bond donors (Lipinski definition) is 3. The summed E-state index contributed by atoms with van der Waals surface area (Å²) in [4.78, 5) is 11.9. The van der Waals surface area contributed by atoms with Crippen LogP contribution in [0.25, 0.3) is 0 Å². The Morgan fingerprint density at radius 1 is 1.36 bits per heavy atom. The first kappa shape index (κ1) is 16.0. The quantitative estimate of drug-likeness (QED) is 0.794. The number of aliphatic hydroxyl groups is 1. The number of carbonyl (C=O) groups is 1. The number of hydrogen-bond acceptors (Lipinski definition) is 3. The number of anilines is 1. The van der Waals surface area contributed by atoms with Crippen molar-refractivity contribution in [3.05, 3.63) is 47.7 Å². The molecule has 2 aromatic rings. The molecule has 2 amide bonds. The fourth-order valence-electron chi connectivity index (χ4n) is 2.17. The average molecular weight is 302 g/mol. The van der Waals surface area contributed by atoms with Crippen molar-refractivity contribution in [3.63, 3.8) is 0 Å². The number of nitrogens with zero attached hydrogens (tertiary/aromatic N) is 2. The van der Waals surface area contributed by atoms with E-state index in [9.17, 15) is 9.90 Å². The van der Waals surface area contributed by atoms with Gasteiger partial charge in [0, 0.05) is 18.7 Å². The SMILES string of the molecule is Cc1cccc(C(O)CNC(=O)Nc2ccnn2C(C)C)c1. The van der Waals surface area contributed by atoms with E-state index in [-0.39, 0.29) is 18.6 Å². The van der Waals surface area contributed by atoms with Crippen molar-refractivity contribution < 1.29 is 9.90 Å². The molecule has 22 heavy (non-hydrogen) atoms. The number of rotatable bonds is 5. The minimum Gasteiger partial charge on any atom is -0.387 e. The molecule has 1 unspecified atom stereocenters. The van der Waals surface area contributed by atoms with E-state index in [0.717, 1.165) is 11.1 Å². The molecule has 2 rings (SSSR count). The van der Waals surface area contributed by atoms with Gasteiger partial charge in [-0.15, -0.1) is 0 Å². The molecule has 0 fully saturated rings. The van der Waals surface area contributed by atoms with Gasteiger partial charge in [0.1, 0.15) is 5.82 Å². The Morgan fingerprint density at radius 3 is 2.82 bits per heavy atom. The van der Waals surface area contributed by atoms with E-state index in [1.807, 2.05) is 45.0 Å². The van der Waals surface area contributed by atoms with Crippen molar-refractivity contribution in [1.82, 2.24) is 15.1 Å². The van der Waals surface area contributed by atoms with Crippen molar-refractivity contribution in [3.8, 4) is 0 Å². The smallest absolute Gasteiger partial charge is 0.320 e. The fraction of sp³-hybridized carbons (Fsp3) is 0.375. The molecular weight excluding hydrogens is 280 g/mol. The second kappa shape index (κ2) is 7.09. The molecular formula is C16H22N4O2. The first-order chi connectivity index (χ1) is 10.5. The largest absolute Gasteiger partial charge is 0.387 e. The van der Waals surface area contributed by atoms with Gasteiger partial charge in [-0.1, -0.05) is 29.8 Å². The van der Waals surface area contributed by atoms with Gasteiger partial charge in [0.15, 0.2) is 0 Å². The highest BCUT2D eigenvalue weighted by Gasteiger charge is 2.12. The van der Waals surface area contributed by atoms with Gasteiger partial charge in [-0.3, -0.25) is 5.32 Å². The Labute approximate surface area is 130 Å². The van der Waals surface area contributed by atoms with Gasteiger partial charge in [0.05, 0.1) is 12.3 Å². The van der Waals surface area contributed by atoms with Crippen LogP contribution in [0.2, 0.25) is 0 Å². The second-order valence-corrected chi connectivity index (χ2v) is 5.52. The van der Waals surface area contributed by atoms with E-state index >= 15 is 0 Å². The zero-order chi connectivity index (χ0) is 16.1. The van der Waals surface area contributed by atoms with Crippen molar-refractivity contribution in [2.75, 3.05) is 11.9 Å². The Kier molecular flexibility index (Phi) is 5.16. The molecule has 1 atom stereocenters. The topological polar surface area (TPSA) is 79.2 Å². The maximum Gasteiger partial charge on any atom is 0.320 e. The summed E-state index contributed by atoms with van der Waals surface area (Å²) in [6.07, 6.45) is 0.901. The van der Waals surface area contributed by atoms with Crippen LogP contribution < -0.4 is 10.6 Å². The fourth-order valence-corrected chi connectivity index (χ4v) is 2.17. The highest BCUT2D eigenvalue weighted by atomic mass is 16.3. The summed E-state index contributed by atoms with van der Waals surface area (Å²) in [5.74, 6) is 0.623. The third-order valence-corrected chi connectivity index (χ3v) is 3.28. The Morgan fingerprint density at radius 2 is 2.14 bits per heavy atom. The van der Waals surface area contributed by atoms with Gasteiger partial charge in [-0.05, 0) is 26.3 Å². The molecule has 0 spiro atoms. The lowest BCUT2D eigenvalue weighted by atomic mass is 10.1. The van der Waals surface area contributed by atoms with E-state index < -0.39 is 6.10 Å². The van der Waals surface area contributed by atoms with Crippen LogP contribution in [0.1, 0.15) is 37.1 Å². The summed E-state index contributed by atoms with van der Waals surface area (Å²) < 4.78 is 1.72. The number of aryl methyl sites for hydroxylation is 1. The van der Waals surface area contributed by atoms with Crippen LogP contribution in [0.3, 0.4) is 0 Å². The monoisotopic (exact) mass is 302 g/mol. The summed E-state index contributed by atoms with van der Waals surface area (Å²) in [7, 11) is 0. The highest BCUT2D eigenvalue weighted by Crippen LogP contribution is 2.14.